The molecule has 0 aromatic rings. The minimum absolute atomic E-state index is 0.618. The fraction of sp³-hybridized carbons (Fsp3) is 0.800. The Kier molecular flexibility index (Phi) is 5.58. The number of aliphatic carboxylic acids is 1. The molecule has 1 rings (SSSR count). The lowest BCUT2D eigenvalue weighted by atomic mass is 9.89. The summed E-state index contributed by atoms with van der Waals surface area (Å²) in [5.41, 5.74) is 1.31. The lowest BCUT2D eigenvalue weighted by Gasteiger charge is -2.44. The van der Waals surface area contributed by atoms with Crippen LogP contribution in [0.3, 0.4) is 0 Å². The van der Waals surface area contributed by atoms with Gasteiger partial charge in [-0.25, -0.2) is 4.79 Å². The maximum atomic E-state index is 11.1. The predicted octanol–water partition coefficient (Wildman–Crippen LogP) is -3.93. The predicted molar refractivity (Wildman–Crippen MR) is 62.6 cm³/mol. The van der Waals surface area contributed by atoms with Gasteiger partial charge in [-0.15, -0.1) is 0 Å². The number of carboxylic acid groups (broad SMARTS) is 1. The first kappa shape index (κ1) is 17.7. The van der Waals surface area contributed by atoms with E-state index in [0.29, 0.717) is 0 Å². The number of carbonyl (C=O) groups is 2. The van der Waals surface area contributed by atoms with E-state index in [2.05, 4.69) is 5.32 Å². The molecule has 21 heavy (non-hydrogen) atoms. The van der Waals surface area contributed by atoms with Crippen molar-refractivity contribution in [3.63, 3.8) is 0 Å². The number of carboxylic acids is 1. The Morgan fingerprint density at radius 2 is 1.95 bits per heavy atom. The van der Waals surface area contributed by atoms with Gasteiger partial charge in [-0.2, -0.15) is 5.48 Å². The van der Waals surface area contributed by atoms with Gasteiger partial charge in [-0.1, -0.05) is 0 Å². The summed E-state index contributed by atoms with van der Waals surface area (Å²) in [5.74, 6) is -5.24. The van der Waals surface area contributed by atoms with E-state index < -0.39 is 54.7 Å². The topological polar surface area (TPSA) is 189 Å². The Balaban J connectivity index is 3.07. The van der Waals surface area contributed by atoms with Crippen molar-refractivity contribution in [3.8, 4) is 0 Å². The van der Waals surface area contributed by atoms with Crippen molar-refractivity contribution >= 4 is 11.9 Å². The number of rotatable bonds is 5. The standard InChI is InChI=1S/C10H18N2O9/c1-3(13)11-5-4(14)2-10(19,9(17)18)21-7(5)6(15)8(16)12-20/h4-8,12,14-16,19-20H,2H2,1H3,(H,11,13)(H,17,18)/t4-,5+,6?,7+,8-,10+/m0/s1. The number of ether oxygens (including phenoxy) is 1. The second-order valence-corrected chi connectivity index (χ2v) is 4.73. The highest BCUT2D eigenvalue weighted by Gasteiger charge is 2.53. The molecule has 1 amide bonds. The van der Waals surface area contributed by atoms with Gasteiger partial charge in [-0.05, 0) is 0 Å². The molecule has 11 heteroatoms. The monoisotopic (exact) mass is 310 g/mol. The molecule has 0 saturated carbocycles. The van der Waals surface area contributed by atoms with E-state index in [1.54, 1.807) is 0 Å². The van der Waals surface area contributed by atoms with Crippen molar-refractivity contribution < 1.29 is 45.1 Å². The van der Waals surface area contributed by atoms with Crippen LogP contribution in [0.25, 0.3) is 0 Å². The summed E-state index contributed by atoms with van der Waals surface area (Å²) in [6.45, 7) is 1.11. The van der Waals surface area contributed by atoms with E-state index >= 15 is 0 Å². The van der Waals surface area contributed by atoms with Gasteiger partial charge < -0.3 is 40.8 Å². The number of hydrogen-bond donors (Lipinski definition) is 8. The first-order valence-electron chi connectivity index (χ1n) is 5.97. The number of aliphatic hydroxyl groups excluding tert-OH is 3. The van der Waals surface area contributed by atoms with Crippen LogP contribution in [-0.4, -0.2) is 79.0 Å². The Hall–Kier alpha value is -1.34. The summed E-state index contributed by atoms with van der Waals surface area (Å²) >= 11 is 0. The average molecular weight is 310 g/mol. The van der Waals surface area contributed by atoms with Crippen molar-refractivity contribution in [1.29, 1.82) is 0 Å². The van der Waals surface area contributed by atoms with Crippen LogP contribution < -0.4 is 10.8 Å². The average Bonchev–Trinajstić information content (AvgIpc) is 2.39. The Labute approximate surface area is 118 Å². The van der Waals surface area contributed by atoms with Crippen LogP contribution in [0.15, 0.2) is 0 Å². The van der Waals surface area contributed by atoms with Crippen LogP contribution >= 0.6 is 0 Å². The molecule has 1 aliphatic rings. The van der Waals surface area contributed by atoms with Gasteiger partial charge in [0.1, 0.15) is 12.2 Å². The molecule has 1 fully saturated rings. The highest BCUT2D eigenvalue weighted by atomic mass is 16.7. The zero-order chi connectivity index (χ0) is 16.4. The molecule has 0 aromatic carbocycles. The third kappa shape index (κ3) is 3.85. The van der Waals surface area contributed by atoms with Gasteiger partial charge in [-0.3, -0.25) is 4.79 Å². The van der Waals surface area contributed by atoms with Gasteiger partial charge in [0, 0.05) is 13.3 Å². The molecule has 122 valence electrons. The Morgan fingerprint density at radius 3 is 2.38 bits per heavy atom. The lowest BCUT2D eigenvalue weighted by Crippen LogP contribution is -2.67. The molecule has 1 unspecified atom stereocenters. The van der Waals surface area contributed by atoms with Crippen molar-refractivity contribution in [3.05, 3.63) is 0 Å². The Bertz CT molecular complexity index is 406. The molecule has 0 radical (unpaired) electrons. The minimum Gasteiger partial charge on any atom is -0.477 e. The van der Waals surface area contributed by atoms with Gasteiger partial charge in [0.05, 0.1) is 12.1 Å². The number of amides is 1. The van der Waals surface area contributed by atoms with Gasteiger partial charge >= 0.3 is 5.97 Å². The molecule has 1 heterocycles. The summed E-state index contributed by atoms with van der Waals surface area (Å²) in [7, 11) is 0. The number of carbonyl (C=O) groups excluding carboxylic acids is 1. The van der Waals surface area contributed by atoms with Crippen molar-refractivity contribution in [2.45, 2.75) is 49.7 Å². The molecule has 0 aromatic heterocycles. The highest BCUT2D eigenvalue weighted by molar-refractivity contribution is 5.76. The zero-order valence-corrected chi connectivity index (χ0v) is 11.0. The second kappa shape index (κ2) is 6.62. The smallest absolute Gasteiger partial charge is 0.364 e. The molecular weight excluding hydrogens is 292 g/mol. The highest BCUT2D eigenvalue weighted by Crippen LogP contribution is 2.30. The maximum absolute atomic E-state index is 11.1. The molecule has 0 spiro atoms. The fourth-order valence-electron chi connectivity index (χ4n) is 2.06. The first-order chi connectivity index (χ1) is 9.62. The minimum atomic E-state index is -2.81. The van der Waals surface area contributed by atoms with E-state index in [-0.39, 0.29) is 0 Å². The molecule has 1 saturated heterocycles. The lowest BCUT2D eigenvalue weighted by molar-refractivity contribution is -0.297. The molecule has 6 atom stereocenters. The summed E-state index contributed by atoms with van der Waals surface area (Å²) in [4.78, 5) is 22.1. The number of hydrogen-bond acceptors (Lipinski definition) is 9. The van der Waals surface area contributed by atoms with Crippen LogP contribution in [-0.2, 0) is 14.3 Å². The van der Waals surface area contributed by atoms with Gasteiger partial charge in [0.25, 0.3) is 5.79 Å². The van der Waals surface area contributed by atoms with E-state index in [4.69, 9.17) is 15.1 Å². The molecule has 8 N–H and O–H groups in total. The molecule has 0 aliphatic carbocycles. The maximum Gasteiger partial charge on any atom is 0.364 e. The van der Waals surface area contributed by atoms with Gasteiger partial charge in [0.2, 0.25) is 5.91 Å². The first-order valence-corrected chi connectivity index (χ1v) is 5.97. The van der Waals surface area contributed by atoms with Crippen molar-refractivity contribution in [1.82, 2.24) is 10.8 Å². The van der Waals surface area contributed by atoms with Crippen LogP contribution in [0.2, 0.25) is 0 Å². The van der Waals surface area contributed by atoms with Crippen LogP contribution in [0.5, 0.6) is 0 Å². The van der Waals surface area contributed by atoms with E-state index in [0.717, 1.165) is 6.92 Å². The Morgan fingerprint density at radius 1 is 1.38 bits per heavy atom. The third-order valence-electron chi connectivity index (χ3n) is 3.08. The van der Waals surface area contributed by atoms with E-state index in [1.807, 2.05) is 0 Å². The summed E-state index contributed by atoms with van der Waals surface area (Å²) in [5, 5.41) is 58.4. The summed E-state index contributed by atoms with van der Waals surface area (Å²) < 4.78 is 4.82. The second-order valence-electron chi connectivity index (χ2n) is 4.73. The van der Waals surface area contributed by atoms with E-state index in [9.17, 15) is 30.0 Å². The normalized spacial score (nSPS) is 35.8. The van der Waals surface area contributed by atoms with Crippen LogP contribution in [0.1, 0.15) is 13.3 Å². The SMILES string of the molecule is CC(=O)N[C@@H]1[C@@H](O)C[C@](O)(C(=O)O)O[C@H]1C(O)[C@H](O)NO. The molecule has 0 bridgehead atoms. The van der Waals surface area contributed by atoms with Crippen molar-refractivity contribution in [2.75, 3.05) is 0 Å². The number of nitrogens with one attached hydrogen (secondary N) is 2. The third-order valence-corrected chi connectivity index (χ3v) is 3.08. The molecule has 11 nitrogen and oxygen atoms in total. The zero-order valence-electron chi connectivity index (χ0n) is 11.0. The van der Waals surface area contributed by atoms with Gasteiger partial charge in [0.15, 0.2) is 6.23 Å². The summed E-state index contributed by atoms with van der Waals surface area (Å²) in [6.07, 6.45) is -7.95. The van der Waals surface area contributed by atoms with Crippen molar-refractivity contribution in [2.24, 2.45) is 0 Å². The largest absolute Gasteiger partial charge is 0.477 e. The number of hydroxylamine groups is 1. The van der Waals surface area contributed by atoms with E-state index in [1.165, 1.54) is 5.48 Å². The molecular formula is C10H18N2O9. The van der Waals surface area contributed by atoms with Crippen LogP contribution in [0, 0.1) is 0 Å². The summed E-state index contributed by atoms with van der Waals surface area (Å²) in [6, 6.07) is -1.31. The number of aliphatic hydroxyl groups is 4. The quantitative estimate of drug-likeness (QED) is 0.184. The fourth-order valence-corrected chi connectivity index (χ4v) is 2.06. The molecule has 1 aliphatic heterocycles. The van der Waals surface area contributed by atoms with Crippen LogP contribution in [0.4, 0.5) is 0 Å².